The molecule has 0 atom stereocenters. The van der Waals surface area contributed by atoms with Gasteiger partial charge in [0.05, 0.1) is 12.2 Å². The number of pyridine rings is 1. The highest BCUT2D eigenvalue weighted by atomic mass is 16.5. The molecule has 21 heavy (non-hydrogen) atoms. The van der Waals surface area contributed by atoms with Gasteiger partial charge in [-0.25, -0.2) is 4.79 Å². The third-order valence-corrected chi connectivity index (χ3v) is 4.06. The lowest BCUT2D eigenvalue weighted by Crippen LogP contribution is -2.26. The summed E-state index contributed by atoms with van der Waals surface area (Å²) in [5, 5.41) is 1.32. The van der Waals surface area contributed by atoms with Crippen molar-refractivity contribution in [3.05, 3.63) is 45.9 Å². The Morgan fingerprint density at radius 1 is 1.19 bits per heavy atom. The SMILES string of the molecule is CCOC(=O)c1c2n(c(=O)c3ccccc13)CCCCC2. The monoisotopic (exact) mass is 285 g/mol. The number of carbonyl (C=O) groups excluding carboxylic acids is 1. The van der Waals surface area contributed by atoms with Gasteiger partial charge in [-0.15, -0.1) is 0 Å². The quantitative estimate of drug-likeness (QED) is 0.797. The molecule has 0 fully saturated rings. The number of fused-ring (bicyclic) bond motifs is 2. The van der Waals surface area contributed by atoms with Crippen molar-refractivity contribution in [1.29, 1.82) is 0 Å². The molecule has 3 rings (SSSR count). The highest BCUT2D eigenvalue weighted by Gasteiger charge is 2.23. The zero-order valence-electron chi connectivity index (χ0n) is 12.2. The van der Waals surface area contributed by atoms with E-state index < -0.39 is 0 Å². The Kier molecular flexibility index (Phi) is 3.78. The van der Waals surface area contributed by atoms with Crippen LogP contribution in [0.2, 0.25) is 0 Å². The number of aromatic nitrogens is 1. The summed E-state index contributed by atoms with van der Waals surface area (Å²) in [6.45, 7) is 2.82. The summed E-state index contributed by atoms with van der Waals surface area (Å²) in [5.74, 6) is -0.320. The van der Waals surface area contributed by atoms with Gasteiger partial charge >= 0.3 is 5.97 Å². The molecule has 2 heterocycles. The van der Waals surface area contributed by atoms with Crippen molar-refractivity contribution < 1.29 is 9.53 Å². The van der Waals surface area contributed by atoms with Crippen LogP contribution >= 0.6 is 0 Å². The van der Waals surface area contributed by atoms with Gasteiger partial charge in [0.25, 0.3) is 5.56 Å². The molecule has 4 nitrogen and oxygen atoms in total. The average Bonchev–Trinajstić information content (AvgIpc) is 2.74. The number of carbonyl (C=O) groups is 1. The van der Waals surface area contributed by atoms with E-state index in [1.807, 2.05) is 18.2 Å². The Bertz CT molecular complexity index is 746. The zero-order chi connectivity index (χ0) is 14.8. The minimum atomic E-state index is -0.320. The van der Waals surface area contributed by atoms with Crippen LogP contribution in [0.4, 0.5) is 0 Å². The van der Waals surface area contributed by atoms with Crippen LogP contribution in [-0.2, 0) is 17.7 Å². The van der Waals surface area contributed by atoms with Gasteiger partial charge in [-0.05, 0) is 32.3 Å². The van der Waals surface area contributed by atoms with E-state index in [2.05, 4.69) is 0 Å². The zero-order valence-corrected chi connectivity index (χ0v) is 12.2. The van der Waals surface area contributed by atoms with Gasteiger partial charge in [-0.1, -0.05) is 24.6 Å². The van der Waals surface area contributed by atoms with Gasteiger partial charge < -0.3 is 9.30 Å². The van der Waals surface area contributed by atoms with Crippen LogP contribution in [0.15, 0.2) is 29.1 Å². The first-order chi connectivity index (χ1) is 10.2. The largest absolute Gasteiger partial charge is 0.462 e. The van der Waals surface area contributed by atoms with E-state index in [1.54, 1.807) is 17.6 Å². The number of ether oxygens (including phenoxy) is 1. The Balaban J connectivity index is 2.36. The fourth-order valence-corrected chi connectivity index (χ4v) is 3.11. The number of benzene rings is 1. The minimum Gasteiger partial charge on any atom is -0.462 e. The van der Waals surface area contributed by atoms with E-state index in [0.29, 0.717) is 29.5 Å². The summed E-state index contributed by atoms with van der Waals surface area (Å²) in [7, 11) is 0. The fraction of sp³-hybridized carbons (Fsp3) is 0.412. The van der Waals surface area contributed by atoms with Crippen LogP contribution in [0.25, 0.3) is 10.8 Å². The number of rotatable bonds is 2. The van der Waals surface area contributed by atoms with Crippen molar-refractivity contribution in [2.24, 2.45) is 0 Å². The summed E-state index contributed by atoms with van der Waals surface area (Å²) in [6, 6.07) is 7.33. The highest BCUT2D eigenvalue weighted by Crippen LogP contribution is 2.24. The van der Waals surface area contributed by atoms with Crippen LogP contribution in [0.5, 0.6) is 0 Å². The van der Waals surface area contributed by atoms with Gasteiger partial charge in [0.2, 0.25) is 0 Å². The van der Waals surface area contributed by atoms with Crippen LogP contribution in [0.3, 0.4) is 0 Å². The summed E-state index contributed by atoms with van der Waals surface area (Å²) in [5.41, 5.74) is 1.43. The molecule has 4 heteroatoms. The number of esters is 1. The molecule has 0 radical (unpaired) electrons. The minimum absolute atomic E-state index is 0.00977. The summed E-state index contributed by atoms with van der Waals surface area (Å²) < 4.78 is 7.01. The highest BCUT2D eigenvalue weighted by molar-refractivity contribution is 6.05. The topological polar surface area (TPSA) is 48.3 Å². The molecule has 1 aromatic carbocycles. The molecule has 1 aliphatic rings. The normalized spacial score (nSPS) is 14.5. The van der Waals surface area contributed by atoms with Gasteiger partial charge in [0, 0.05) is 23.0 Å². The van der Waals surface area contributed by atoms with Gasteiger partial charge in [-0.3, -0.25) is 4.79 Å². The number of nitrogens with zero attached hydrogens (tertiary/aromatic N) is 1. The van der Waals surface area contributed by atoms with Crippen molar-refractivity contribution in [1.82, 2.24) is 4.57 Å². The Hall–Kier alpha value is -2.10. The van der Waals surface area contributed by atoms with Crippen LogP contribution < -0.4 is 5.56 Å². The molecule has 0 saturated heterocycles. The maximum atomic E-state index is 12.7. The first-order valence-electron chi connectivity index (χ1n) is 7.55. The fourth-order valence-electron chi connectivity index (χ4n) is 3.11. The number of hydrogen-bond acceptors (Lipinski definition) is 3. The Labute approximate surface area is 123 Å². The molecular formula is C17H19NO3. The standard InChI is InChI=1S/C17H19NO3/c1-2-21-17(20)15-12-8-5-6-9-13(12)16(19)18-11-7-3-4-10-14(15)18/h5-6,8-9H,2-4,7,10-11H2,1H3. The van der Waals surface area contributed by atoms with E-state index in [9.17, 15) is 9.59 Å². The average molecular weight is 285 g/mol. The van der Waals surface area contributed by atoms with Crippen molar-refractivity contribution in [2.75, 3.05) is 6.61 Å². The number of hydrogen-bond donors (Lipinski definition) is 0. The Morgan fingerprint density at radius 2 is 1.95 bits per heavy atom. The van der Waals surface area contributed by atoms with E-state index in [-0.39, 0.29) is 11.5 Å². The lowest BCUT2D eigenvalue weighted by Gasteiger charge is -2.16. The second-order valence-corrected chi connectivity index (χ2v) is 5.36. The molecule has 1 aliphatic heterocycles. The van der Waals surface area contributed by atoms with E-state index in [4.69, 9.17) is 4.74 Å². The summed E-state index contributed by atoms with van der Waals surface area (Å²) >= 11 is 0. The molecule has 1 aromatic heterocycles. The predicted molar refractivity (Wildman–Crippen MR) is 81.7 cm³/mol. The Morgan fingerprint density at radius 3 is 2.71 bits per heavy atom. The molecule has 0 unspecified atom stereocenters. The maximum Gasteiger partial charge on any atom is 0.340 e. The molecule has 110 valence electrons. The van der Waals surface area contributed by atoms with Crippen molar-refractivity contribution in [2.45, 2.75) is 39.2 Å². The third-order valence-electron chi connectivity index (χ3n) is 4.06. The van der Waals surface area contributed by atoms with Crippen molar-refractivity contribution >= 4 is 16.7 Å². The first kappa shape index (κ1) is 13.9. The van der Waals surface area contributed by atoms with E-state index >= 15 is 0 Å². The molecule has 0 bridgehead atoms. The second-order valence-electron chi connectivity index (χ2n) is 5.36. The van der Waals surface area contributed by atoms with Crippen molar-refractivity contribution in [3.8, 4) is 0 Å². The summed E-state index contributed by atoms with van der Waals surface area (Å²) in [4.78, 5) is 25.1. The summed E-state index contributed by atoms with van der Waals surface area (Å²) in [6.07, 6.45) is 3.83. The lowest BCUT2D eigenvalue weighted by atomic mass is 10.0. The van der Waals surface area contributed by atoms with Crippen LogP contribution in [0, 0.1) is 0 Å². The van der Waals surface area contributed by atoms with Gasteiger partial charge in [0.15, 0.2) is 0 Å². The molecule has 0 amide bonds. The maximum absolute atomic E-state index is 12.7. The third kappa shape index (κ3) is 2.35. The van der Waals surface area contributed by atoms with E-state index in [1.165, 1.54) is 0 Å². The molecule has 2 aromatic rings. The molecule has 0 aliphatic carbocycles. The van der Waals surface area contributed by atoms with Gasteiger partial charge in [0.1, 0.15) is 0 Å². The van der Waals surface area contributed by atoms with Gasteiger partial charge in [-0.2, -0.15) is 0 Å². The van der Waals surface area contributed by atoms with Crippen molar-refractivity contribution in [3.63, 3.8) is 0 Å². The lowest BCUT2D eigenvalue weighted by molar-refractivity contribution is 0.0526. The van der Waals surface area contributed by atoms with Crippen LogP contribution in [-0.4, -0.2) is 17.1 Å². The van der Waals surface area contributed by atoms with Crippen LogP contribution in [0.1, 0.15) is 42.2 Å². The van der Waals surface area contributed by atoms with E-state index in [0.717, 1.165) is 31.4 Å². The first-order valence-corrected chi connectivity index (χ1v) is 7.55. The molecule has 0 saturated carbocycles. The molecule has 0 N–H and O–H groups in total. The second kappa shape index (κ2) is 5.72. The predicted octanol–water partition coefficient (Wildman–Crippen LogP) is 2.90. The molecule has 0 spiro atoms. The smallest absolute Gasteiger partial charge is 0.340 e. The molecular weight excluding hydrogens is 266 g/mol.